The summed E-state index contributed by atoms with van der Waals surface area (Å²) in [5, 5.41) is 5.20. The fourth-order valence-corrected chi connectivity index (χ4v) is 2.90. The molecule has 6 heteroatoms. The quantitative estimate of drug-likeness (QED) is 0.750. The number of quaternary nitrogens is 1. The lowest BCUT2D eigenvalue weighted by atomic mass is 10.1. The summed E-state index contributed by atoms with van der Waals surface area (Å²) in [6, 6.07) is 9.64. The smallest absolute Gasteiger partial charge is 0.322 e. The van der Waals surface area contributed by atoms with Crippen LogP contribution in [0.25, 0.3) is 0 Å². The molecular weight excluding hydrogens is 304 g/mol. The molecule has 0 radical (unpaired) electrons. The van der Waals surface area contributed by atoms with E-state index < -0.39 is 6.03 Å². The normalized spacial score (nSPS) is 17.2. The average Bonchev–Trinajstić information content (AvgIpc) is 2.53. The number of carbonyl (C=O) groups is 2. The zero-order chi connectivity index (χ0) is 17.7. The topological polar surface area (TPSA) is 65.9 Å². The van der Waals surface area contributed by atoms with Gasteiger partial charge < -0.3 is 15.1 Å². The predicted octanol–water partition coefficient (Wildman–Crippen LogP) is 0.404. The van der Waals surface area contributed by atoms with Gasteiger partial charge in [0.25, 0.3) is 5.91 Å². The van der Waals surface area contributed by atoms with Crippen molar-refractivity contribution in [3.8, 4) is 0 Å². The maximum absolute atomic E-state index is 12.3. The van der Waals surface area contributed by atoms with Crippen LogP contribution in [0.15, 0.2) is 30.3 Å². The van der Waals surface area contributed by atoms with E-state index in [0.717, 1.165) is 26.2 Å². The monoisotopic (exact) mass is 333 g/mol. The van der Waals surface area contributed by atoms with Crippen LogP contribution in [0.1, 0.15) is 27.7 Å². The lowest BCUT2D eigenvalue weighted by Crippen LogP contribution is -3.19. The van der Waals surface area contributed by atoms with Crippen LogP contribution < -0.4 is 20.4 Å². The molecule has 6 nitrogen and oxygen atoms in total. The molecule has 3 amide bonds. The van der Waals surface area contributed by atoms with Crippen LogP contribution in [-0.2, 0) is 4.79 Å². The minimum Gasteiger partial charge on any atom is -0.360 e. The van der Waals surface area contributed by atoms with Gasteiger partial charge in [-0.05, 0) is 39.8 Å². The number of benzene rings is 1. The Balaban J connectivity index is 1.82. The Labute approximate surface area is 144 Å². The van der Waals surface area contributed by atoms with Crippen LogP contribution in [0.2, 0.25) is 0 Å². The van der Waals surface area contributed by atoms with E-state index in [1.165, 1.54) is 10.6 Å². The first-order chi connectivity index (χ1) is 11.3. The summed E-state index contributed by atoms with van der Waals surface area (Å²) in [4.78, 5) is 27.7. The first-order valence-corrected chi connectivity index (χ1v) is 8.54. The second kappa shape index (κ2) is 7.66. The second-order valence-corrected chi connectivity index (χ2v) is 7.40. The fourth-order valence-electron chi connectivity index (χ4n) is 2.90. The number of hydrogen-bond acceptors (Lipinski definition) is 3. The summed E-state index contributed by atoms with van der Waals surface area (Å²) in [5.41, 5.74) is 0.861. The minimum atomic E-state index is -0.429. The molecule has 0 unspecified atom stereocenters. The van der Waals surface area contributed by atoms with E-state index in [4.69, 9.17) is 0 Å². The van der Waals surface area contributed by atoms with Crippen LogP contribution in [0.3, 0.4) is 0 Å². The molecule has 0 spiro atoms. The minimum absolute atomic E-state index is 0.222. The molecule has 3 N–H and O–H groups in total. The highest BCUT2D eigenvalue weighted by Gasteiger charge is 2.30. The van der Waals surface area contributed by atoms with Crippen LogP contribution in [0, 0.1) is 0 Å². The standard InChI is InChI=1S/C18H28N4O2/c1-14(16(23)19-17(24)20-18(2,3)4)21-10-12-22(13-11-21)15-8-6-5-7-9-15/h5-9,14H,10-13H2,1-4H3,(H2,19,20,23,24)/p+1/t14-/m0/s1. The SMILES string of the molecule is C[C@@H](C(=O)NC(=O)NC(C)(C)C)[NH+]1CCN(c2ccccc2)CC1. The molecule has 0 saturated carbocycles. The Hall–Kier alpha value is -2.08. The van der Waals surface area contributed by atoms with E-state index in [1.54, 1.807) is 0 Å². The number of urea groups is 1. The Morgan fingerprint density at radius 3 is 2.25 bits per heavy atom. The van der Waals surface area contributed by atoms with Gasteiger partial charge >= 0.3 is 6.03 Å². The number of anilines is 1. The number of piperazine rings is 1. The third kappa shape index (κ3) is 5.23. The van der Waals surface area contributed by atoms with Crippen molar-refractivity contribution in [3.63, 3.8) is 0 Å². The van der Waals surface area contributed by atoms with Crippen molar-refractivity contribution >= 4 is 17.6 Å². The molecule has 0 aliphatic carbocycles. The van der Waals surface area contributed by atoms with Crippen molar-refractivity contribution in [2.45, 2.75) is 39.3 Å². The summed E-state index contributed by atoms with van der Waals surface area (Å²) < 4.78 is 0. The van der Waals surface area contributed by atoms with Crippen molar-refractivity contribution in [1.29, 1.82) is 0 Å². The second-order valence-electron chi connectivity index (χ2n) is 7.40. The first kappa shape index (κ1) is 18.3. The molecule has 1 aliphatic heterocycles. The van der Waals surface area contributed by atoms with Crippen LogP contribution in [-0.4, -0.2) is 49.7 Å². The maximum atomic E-state index is 12.3. The highest BCUT2D eigenvalue weighted by atomic mass is 16.2. The Bertz CT molecular complexity index is 560. The van der Waals surface area contributed by atoms with E-state index in [-0.39, 0.29) is 17.5 Å². The molecule has 1 aromatic rings. The lowest BCUT2D eigenvalue weighted by Gasteiger charge is -2.36. The molecule has 1 heterocycles. The van der Waals surface area contributed by atoms with Gasteiger partial charge in [0.05, 0.1) is 26.2 Å². The van der Waals surface area contributed by atoms with E-state index in [9.17, 15) is 9.59 Å². The van der Waals surface area contributed by atoms with E-state index in [1.807, 2.05) is 45.9 Å². The van der Waals surface area contributed by atoms with Crippen molar-refractivity contribution in [2.24, 2.45) is 0 Å². The first-order valence-electron chi connectivity index (χ1n) is 8.54. The molecule has 1 fully saturated rings. The van der Waals surface area contributed by atoms with Gasteiger partial charge in [-0.15, -0.1) is 0 Å². The van der Waals surface area contributed by atoms with Gasteiger partial charge in [-0.3, -0.25) is 10.1 Å². The Kier molecular flexibility index (Phi) is 5.83. The molecule has 0 aromatic heterocycles. The van der Waals surface area contributed by atoms with Crippen molar-refractivity contribution < 1.29 is 14.5 Å². The van der Waals surface area contributed by atoms with Gasteiger partial charge in [-0.25, -0.2) is 4.79 Å². The zero-order valence-corrected chi connectivity index (χ0v) is 15.1. The molecule has 1 aliphatic rings. The lowest BCUT2D eigenvalue weighted by molar-refractivity contribution is -0.914. The van der Waals surface area contributed by atoms with E-state index >= 15 is 0 Å². The van der Waals surface area contributed by atoms with Gasteiger partial charge in [0.1, 0.15) is 0 Å². The van der Waals surface area contributed by atoms with Gasteiger partial charge in [0.15, 0.2) is 6.04 Å². The number of hydrogen-bond donors (Lipinski definition) is 3. The van der Waals surface area contributed by atoms with Gasteiger partial charge in [0.2, 0.25) is 0 Å². The van der Waals surface area contributed by atoms with Gasteiger partial charge in [0, 0.05) is 11.2 Å². The molecule has 1 aromatic carbocycles. The Morgan fingerprint density at radius 1 is 1.12 bits per heavy atom. The number of nitrogens with zero attached hydrogens (tertiary/aromatic N) is 1. The third-order valence-electron chi connectivity index (χ3n) is 4.26. The number of nitrogens with one attached hydrogen (secondary N) is 3. The predicted molar refractivity (Wildman–Crippen MR) is 95.2 cm³/mol. The molecule has 1 atom stereocenters. The summed E-state index contributed by atoms with van der Waals surface area (Å²) in [7, 11) is 0. The summed E-state index contributed by atoms with van der Waals surface area (Å²) in [6.07, 6.45) is 0. The zero-order valence-electron chi connectivity index (χ0n) is 15.1. The molecule has 132 valence electrons. The number of imide groups is 1. The Morgan fingerprint density at radius 2 is 1.71 bits per heavy atom. The molecule has 2 rings (SSSR count). The molecule has 1 saturated heterocycles. The molecular formula is C18H29N4O2+. The van der Waals surface area contributed by atoms with Gasteiger partial charge in [-0.2, -0.15) is 0 Å². The van der Waals surface area contributed by atoms with Gasteiger partial charge in [-0.1, -0.05) is 18.2 Å². The summed E-state index contributed by atoms with van der Waals surface area (Å²) in [5.74, 6) is -0.222. The summed E-state index contributed by atoms with van der Waals surface area (Å²) in [6.45, 7) is 11.1. The highest BCUT2D eigenvalue weighted by Crippen LogP contribution is 2.12. The van der Waals surface area contributed by atoms with Crippen LogP contribution in [0.5, 0.6) is 0 Å². The third-order valence-corrected chi connectivity index (χ3v) is 4.26. The number of para-hydroxylation sites is 1. The largest absolute Gasteiger partial charge is 0.360 e. The highest BCUT2D eigenvalue weighted by molar-refractivity contribution is 5.96. The van der Waals surface area contributed by atoms with E-state index in [2.05, 4.69) is 27.7 Å². The molecule has 0 bridgehead atoms. The summed E-state index contributed by atoms with van der Waals surface area (Å²) >= 11 is 0. The number of rotatable bonds is 3. The van der Waals surface area contributed by atoms with Crippen molar-refractivity contribution in [3.05, 3.63) is 30.3 Å². The number of carbonyl (C=O) groups excluding carboxylic acids is 2. The van der Waals surface area contributed by atoms with E-state index in [0.29, 0.717) is 0 Å². The van der Waals surface area contributed by atoms with Crippen molar-refractivity contribution in [2.75, 3.05) is 31.1 Å². The van der Waals surface area contributed by atoms with Crippen molar-refractivity contribution in [1.82, 2.24) is 10.6 Å². The van der Waals surface area contributed by atoms with Crippen LogP contribution >= 0.6 is 0 Å². The maximum Gasteiger partial charge on any atom is 0.322 e. The van der Waals surface area contributed by atoms with Crippen LogP contribution in [0.4, 0.5) is 10.5 Å². The molecule has 24 heavy (non-hydrogen) atoms. The average molecular weight is 333 g/mol. The fraction of sp³-hybridized carbons (Fsp3) is 0.556. The number of amides is 3.